The third-order valence-electron chi connectivity index (χ3n) is 5.62. The van der Waals surface area contributed by atoms with Gasteiger partial charge in [-0.15, -0.1) is 0 Å². The van der Waals surface area contributed by atoms with Gasteiger partial charge >= 0.3 is 0 Å². The van der Waals surface area contributed by atoms with Crippen LogP contribution >= 0.6 is 0 Å². The zero-order valence-electron chi connectivity index (χ0n) is 15.1. The number of aromatic nitrogens is 3. The monoisotopic (exact) mass is 356 g/mol. The van der Waals surface area contributed by atoms with Gasteiger partial charge in [-0.3, -0.25) is 4.79 Å². The summed E-state index contributed by atoms with van der Waals surface area (Å²) in [5.41, 5.74) is 5.27. The highest BCUT2D eigenvalue weighted by atomic mass is 16.1. The molecule has 1 aliphatic heterocycles. The number of carbonyl (C=O) groups excluding carboxylic acids is 1. The number of Topliss-reactive ketones (excluding diaryl/α,β-unsaturated/α-hetero) is 1. The molecule has 5 rings (SSSR count). The molecule has 1 aliphatic carbocycles. The first-order valence-corrected chi connectivity index (χ1v) is 9.25. The molecule has 2 atom stereocenters. The van der Waals surface area contributed by atoms with Gasteiger partial charge in [0, 0.05) is 17.7 Å². The Morgan fingerprint density at radius 2 is 1.81 bits per heavy atom. The number of benzene rings is 2. The van der Waals surface area contributed by atoms with E-state index in [1.807, 2.05) is 35.0 Å². The van der Waals surface area contributed by atoms with Gasteiger partial charge in [-0.1, -0.05) is 54.6 Å². The molecule has 0 saturated carbocycles. The number of hydrogen-bond donors (Lipinski definition) is 1. The van der Waals surface area contributed by atoms with Gasteiger partial charge in [0.1, 0.15) is 12.4 Å². The van der Waals surface area contributed by atoms with Crippen molar-refractivity contribution >= 4 is 11.7 Å². The molecule has 0 bridgehead atoms. The fraction of sp³-hybridized carbons (Fsp3) is 0.227. The summed E-state index contributed by atoms with van der Waals surface area (Å²) in [5.74, 6) is 1.08. The van der Waals surface area contributed by atoms with Gasteiger partial charge in [0.15, 0.2) is 5.78 Å². The molecular weight excluding hydrogens is 336 g/mol. The molecule has 3 aromatic rings. The highest BCUT2D eigenvalue weighted by Crippen LogP contribution is 2.44. The van der Waals surface area contributed by atoms with Gasteiger partial charge in [-0.05, 0) is 36.0 Å². The number of aryl methyl sites for hydroxylation is 1. The van der Waals surface area contributed by atoms with E-state index in [1.54, 1.807) is 6.33 Å². The number of rotatable bonds is 2. The van der Waals surface area contributed by atoms with Crippen molar-refractivity contribution in [2.45, 2.75) is 31.7 Å². The summed E-state index contributed by atoms with van der Waals surface area (Å²) in [4.78, 5) is 17.7. The minimum absolute atomic E-state index is 0.187. The topological polar surface area (TPSA) is 59.8 Å². The zero-order valence-corrected chi connectivity index (χ0v) is 15.1. The smallest absolute Gasteiger partial charge is 0.226 e. The third-order valence-corrected chi connectivity index (χ3v) is 5.62. The molecule has 0 fully saturated rings. The van der Waals surface area contributed by atoms with E-state index in [4.69, 9.17) is 0 Å². The second-order valence-corrected chi connectivity index (χ2v) is 7.24. The molecule has 0 radical (unpaired) electrons. The van der Waals surface area contributed by atoms with Crippen molar-refractivity contribution in [2.75, 3.05) is 5.32 Å². The molecule has 1 N–H and O–H groups in total. The number of anilines is 1. The van der Waals surface area contributed by atoms with Crippen molar-refractivity contribution in [3.05, 3.63) is 88.9 Å². The normalized spacial score (nSPS) is 21.4. The first-order valence-electron chi connectivity index (χ1n) is 9.25. The van der Waals surface area contributed by atoms with Crippen LogP contribution in [0.4, 0.5) is 5.95 Å². The van der Waals surface area contributed by atoms with Crippen LogP contribution in [0.25, 0.3) is 0 Å². The lowest BCUT2D eigenvalue weighted by molar-refractivity contribution is -0.116. The minimum atomic E-state index is -0.218. The van der Waals surface area contributed by atoms with Crippen LogP contribution < -0.4 is 5.32 Å². The largest absolute Gasteiger partial charge is 0.328 e. The second-order valence-electron chi connectivity index (χ2n) is 7.24. The van der Waals surface area contributed by atoms with E-state index < -0.39 is 0 Å². The molecule has 1 aromatic heterocycles. The van der Waals surface area contributed by atoms with E-state index in [1.165, 1.54) is 5.56 Å². The lowest BCUT2D eigenvalue weighted by atomic mass is 9.77. The maximum absolute atomic E-state index is 13.3. The van der Waals surface area contributed by atoms with Crippen molar-refractivity contribution in [1.29, 1.82) is 0 Å². The maximum atomic E-state index is 13.3. The fourth-order valence-corrected chi connectivity index (χ4v) is 4.29. The number of hydrogen-bond acceptors (Lipinski definition) is 4. The van der Waals surface area contributed by atoms with Crippen LogP contribution in [0.15, 0.2) is 72.2 Å². The summed E-state index contributed by atoms with van der Waals surface area (Å²) < 4.78 is 1.84. The minimum Gasteiger partial charge on any atom is -0.328 e. The van der Waals surface area contributed by atoms with E-state index in [-0.39, 0.29) is 17.7 Å². The average Bonchev–Trinajstić information content (AvgIpc) is 3.16. The van der Waals surface area contributed by atoms with Gasteiger partial charge in [0.2, 0.25) is 5.95 Å². The Morgan fingerprint density at radius 1 is 1.04 bits per heavy atom. The first kappa shape index (κ1) is 16.0. The van der Waals surface area contributed by atoms with Crippen molar-refractivity contribution in [2.24, 2.45) is 0 Å². The number of nitrogens with zero attached hydrogens (tertiary/aromatic N) is 3. The standard InChI is InChI=1S/C22H20N4O/c1-14-7-5-6-10-17(14)21-20-18(25-22-23-13-24-26(21)22)11-16(12-19(20)27)15-8-3-2-4-9-15/h2-10,13,16,21H,11-12H2,1H3,(H,23,24,25)/t16-,21-/m1/s1. The lowest BCUT2D eigenvalue weighted by Gasteiger charge is -2.35. The Morgan fingerprint density at radius 3 is 2.63 bits per heavy atom. The zero-order chi connectivity index (χ0) is 18.4. The van der Waals surface area contributed by atoms with E-state index in [0.717, 1.165) is 28.8 Å². The summed E-state index contributed by atoms with van der Waals surface area (Å²) in [6, 6.07) is 18.3. The van der Waals surface area contributed by atoms with Crippen molar-refractivity contribution in [1.82, 2.24) is 14.8 Å². The van der Waals surface area contributed by atoms with Crippen molar-refractivity contribution < 1.29 is 4.79 Å². The summed E-state index contributed by atoms with van der Waals surface area (Å²) in [6.07, 6.45) is 2.88. The molecule has 0 saturated heterocycles. The van der Waals surface area contributed by atoms with Gasteiger partial charge in [0.25, 0.3) is 0 Å². The van der Waals surface area contributed by atoms with Gasteiger partial charge in [0.05, 0.1) is 0 Å². The number of ketones is 1. The molecule has 27 heavy (non-hydrogen) atoms. The average molecular weight is 356 g/mol. The Balaban J connectivity index is 1.63. The maximum Gasteiger partial charge on any atom is 0.226 e. The van der Waals surface area contributed by atoms with E-state index in [0.29, 0.717) is 12.4 Å². The second kappa shape index (κ2) is 6.20. The van der Waals surface area contributed by atoms with Crippen LogP contribution in [0.3, 0.4) is 0 Å². The van der Waals surface area contributed by atoms with E-state index in [2.05, 4.69) is 46.6 Å². The number of nitrogens with one attached hydrogen (secondary N) is 1. The number of carbonyl (C=O) groups is 1. The Kier molecular flexibility index (Phi) is 3.67. The molecule has 0 unspecified atom stereocenters. The van der Waals surface area contributed by atoms with Crippen LogP contribution in [0.2, 0.25) is 0 Å². The molecule has 134 valence electrons. The molecular formula is C22H20N4O. The van der Waals surface area contributed by atoms with Crippen molar-refractivity contribution in [3.63, 3.8) is 0 Å². The van der Waals surface area contributed by atoms with Crippen molar-refractivity contribution in [3.8, 4) is 0 Å². The summed E-state index contributed by atoms with van der Waals surface area (Å²) >= 11 is 0. The molecule has 0 spiro atoms. The van der Waals surface area contributed by atoms with Crippen LogP contribution in [0.1, 0.15) is 41.5 Å². The molecule has 0 amide bonds. The SMILES string of the molecule is Cc1ccccc1[C@@H]1C2=C(C[C@@H](c3ccccc3)CC2=O)Nc2ncnn21. The first-order chi connectivity index (χ1) is 13.2. The van der Waals surface area contributed by atoms with Crippen LogP contribution in [0.5, 0.6) is 0 Å². The molecule has 2 heterocycles. The fourth-order valence-electron chi connectivity index (χ4n) is 4.29. The molecule has 2 aliphatic rings. The molecule has 5 nitrogen and oxygen atoms in total. The highest BCUT2D eigenvalue weighted by Gasteiger charge is 2.39. The Bertz CT molecular complexity index is 1050. The van der Waals surface area contributed by atoms with E-state index >= 15 is 0 Å². The highest BCUT2D eigenvalue weighted by molar-refractivity contribution is 6.00. The van der Waals surface area contributed by atoms with Gasteiger partial charge in [-0.2, -0.15) is 10.1 Å². The number of fused-ring (bicyclic) bond motifs is 1. The Hall–Kier alpha value is -3.21. The summed E-state index contributed by atoms with van der Waals surface area (Å²) in [5, 5.41) is 7.79. The van der Waals surface area contributed by atoms with Gasteiger partial charge in [-0.25, -0.2) is 4.68 Å². The van der Waals surface area contributed by atoms with Crippen LogP contribution in [-0.4, -0.2) is 20.5 Å². The molecule has 5 heteroatoms. The summed E-state index contributed by atoms with van der Waals surface area (Å²) in [7, 11) is 0. The number of allylic oxidation sites excluding steroid dienone is 2. The van der Waals surface area contributed by atoms with Gasteiger partial charge < -0.3 is 5.32 Å². The summed E-state index contributed by atoms with van der Waals surface area (Å²) in [6.45, 7) is 2.08. The quantitative estimate of drug-likeness (QED) is 0.754. The predicted molar refractivity (Wildman–Crippen MR) is 103 cm³/mol. The Labute approximate surface area is 157 Å². The van der Waals surface area contributed by atoms with E-state index in [9.17, 15) is 4.79 Å². The third kappa shape index (κ3) is 2.58. The molecule has 2 aromatic carbocycles. The van der Waals surface area contributed by atoms with Crippen LogP contribution in [-0.2, 0) is 4.79 Å². The lowest BCUT2D eigenvalue weighted by Crippen LogP contribution is -2.33. The van der Waals surface area contributed by atoms with Crippen LogP contribution in [0, 0.1) is 6.92 Å². The predicted octanol–water partition coefficient (Wildman–Crippen LogP) is 4.00.